The normalized spacial score (nSPS) is 10.7. The Hall–Kier alpha value is -0.610. The summed E-state index contributed by atoms with van der Waals surface area (Å²) in [5.74, 6) is 0.671. The number of anilines is 1. The molecule has 2 nitrogen and oxygen atoms in total. The second-order valence-electron chi connectivity index (χ2n) is 1.68. The standard InChI is InChI=1S/C5H4N2S2/c6-5-4-3(9-7-5)1-2-8-4/h1-2H,(H2,6,7). The van der Waals surface area contributed by atoms with Crippen LogP contribution in [0.15, 0.2) is 11.4 Å². The van der Waals surface area contributed by atoms with Gasteiger partial charge in [0.25, 0.3) is 0 Å². The Labute approximate surface area is 60.1 Å². The fourth-order valence-electron chi connectivity index (χ4n) is 0.696. The summed E-state index contributed by atoms with van der Waals surface area (Å²) in [7, 11) is 0. The minimum absolute atomic E-state index is 0.671. The molecule has 2 aromatic heterocycles. The molecule has 0 radical (unpaired) electrons. The Morgan fingerprint density at radius 3 is 3.22 bits per heavy atom. The van der Waals surface area contributed by atoms with Gasteiger partial charge in [-0.05, 0) is 23.0 Å². The maximum atomic E-state index is 5.53. The molecule has 2 N–H and O–H groups in total. The Morgan fingerprint density at radius 2 is 2.44 bits per heavy atom. The van der Waals surface area contributed by atoms with Crippen LogP contribution < -0.4 is 5.73 Å². The molecule has 4 heteroatoms. The molecule has 2 heterocycles. The third-order valence-electron chi connectivity index (χ3n) is 1.10. The van der Waals surface area contributed by atoms with E-state index in [0.29, 0.717) is 5.82 Å². The van der Waals surface area contributed by atoms with Crippen LogP contribution in [0.25, 0.3) is 9.40 Å². The van der Waals surface area contributed by atoms with Crippen molar-refractivity contribution in [2.75, 3.05) is 5.73 Å². The van der Waals surface area contributed by atoms with Gasteiger partial charge >= 0.3 is 0 Å². The van der Waals surface area contributed by atoms with E-state index in [1.807, 2.05) is 11.4 Å². The highest BCUT2D eigenvalue weighted by molar-refractivity contribution is 7.25. The topological polar surface area (TPSA) is 38.9 Å². The lowest BCUT2D eigenvalue weighted by Gasteiger charge is -1.74. The van der Waals surface area contributed by atoms with Gasteiger partial charge < -0.3 is 5.73 Å². The number of nitrogen functional groups attached to an aromatic ring is 1. The monoisotopic (exact) mass is 156 g/mol. The maximum Gasteiger partial charge on any atom is 0.155 e. The van der Waals surface area contributed by atoms with Crippen LogP contribution in [-0.4, -0.2) is 4.37 Å². The minimum Gasteiger partial charge on any atom is -0.382 e. The summed E-state index contributed by atoms with van der Waals surface area (Å²) in [5, 5.41) is 2.03. The molecule has 0 spiro atoms. The molecular weight excluding hydrogens is 152 g/mol. The van der Waals surface area contributed by atoms with Crippen molar-refractivity contribution in [3.05, 3.63) is 11.4 Å². The molecule has 0 aliphatic carbocycles. The zero-order valence-corrected chi connectivity index (χ0v) is 6.13. The number of fused-ring (bicyclic) bond motifs is 1. The highest BCUT2D eigenvalue weighted by atomic mass is 32.1. The van der Waals surface area contributed by atoms with Crippen molar-refractivity contribution < 1.29 is 0 Å². The number of hydrogen-bond acceptors (Lipinski definition) is 4. The zero-order valence-electron chi connectivity index (χ0n) is 4.50. The molecule has 0 fully saturated rings. The van der Waals surface area contributed by atoms with E-state index in [1.165, 1.54) is 16.2 Å². The second-order valence-corrected chi connectivity index (χ2v) is 3.40. The van der Waals surface area contributed by atoms with E-state index in [9.17, 15) is 0 Å². The predicted octanol–water partition coefficient (Wildman–Crippen LogP) is 1.94. The van der Waals surface area contributed by atoms with Gasteiger partial charge in [-0.2, -0.15) is 4.37 Å². The van der Waals surface area contributed by atoms with Gasteiger partial charge in [0.1, 0.15) is 0 Å². The second kappa shape index (κ2) is 1.68. The van der Waals surface area contributed by atoms with E-state index in [1.54, 1.807) is 11.3 Å². The molecule has 9 heavy (non-hydrogen) atoms. The van der Waals surface area contributed by atoms with Gasteiger partial charge in [0, 0.05) is 0 Å². The third-order valence-corrected chi connectivity index (χ3v) is 3.00. The lowest BCUT2D eigenvalue weighted by atomic mass is 10.5. The van der Waals surface area contributed by atoms with Gasteiger partial charge in [-0.3, -0.25) is 0 Å². The van der Waals surface area contributed by atoms with Crippen LogP contribution in [-0.2, 0) is 0 Å². The van der Waals surface area contributed by atoms with E-state index in [0.717, 1.165) is 4.70 Å². The third kappa shape index (κ3) is 0.635. The maximum absolute atomic E-state index is 5.53. The molecule has 0 saturated heterocycles. The van der Waals surface area contributed by atoms with Crippen LogP contribution in [0.3, 0.4) is 0 Å². The summed E-state index contributed by atoms with van der Waals surface area (Å²) in [6.45, 7) is 0. The van der Waals surface area contributed by atoms with Crippen molar-refractivity contribution >= 4 is 38.1 Å². The van der Waals surface area contributed by atoms with Crippen LogP contribution in [0.1, 0.15) is 0 Å². The summed E-state index contributed by atoms with van der Waals surface area (Å²) in [6, 6.07) is 2.04. The largest absolute Gasteiger partial charge is 0.382 e. The van der Waals surface area contributed by atoms with Crippen molar-refractivity contribution in [3.8, 4) is 0 Å². The number of hydrogen-bond donors (Lipinski definition) is 1. The first kappa shape index (κ1) is 5.20. The molecule has 0 bridgehead atoms. The molecule has 0 aliphatic rings. The Morgan fingerprint density at radius 1 is 1.56 bits per heavy atom. The molecule has 0 unspecified atom stereocenters. The van der Waals surface area contributed by atoms with Crippen LogP contribution in [0.2, 0.25) is 0 Å². The molecule has 0 aromatic carbocycles. The molecule has 0 atom stereocenters. The number of rotatable bonds is 0. The summed E-state index contributed by atoms with van der Waals surface area (Å²) >= 11 is 3.10. The van der Waals surface area contributed by atoms with Crippen LogP contribution in [0.5, 0.6) is 0 Å². The summed E-state index contributed by atoms with van der Waals surface area (Å²) < 4.78 is 6.30. The van der Waals surface area contributed by atoms with Gasteiger partial charge in [-0.1, -0.05) is 0 Å². The van der Waals surface area contributed by atoms with Crippen LogP contribution >= 0.6 is 22.9 Å². The number of aromatic nitrogens is 1. The minimum atomic E-state index is 0.671. The highest BCUT2D eigenvalue weighted by Gasteiger charge is 2.00. The van der Waals surface area contributed by atoms with Crippen LogP contribution in [0.4, 0.5) is 5.82 Å². The van der Waals surface area contributed by atoms with E-state index < -0.39 is 0 Å². The molecular formula is C5H4N2S2. The summed E-state index contributed by atoms with van der Waals surface area (Å²) in [6.07, 6.45) is 0. The highest BCUT2D eigenvalue weighted by Crippen LogP contribution is 2.28. The first-order valence-electron chi connectivity index (χ1n) is 2.46. The Kier molecular flexibility index (Phi) is 0.972. The molecule has 0 amide bonds. The molecule has 0 aliphatic heterocycles. The summed E-state index contributed by atoms with van der Waals surface area (Å²) in [4.78, 5) is 0. The zero-order chi connectivity index (χ0) is 6.27. The van der Waals surface area contributed by atoms with Crippen molar-refractivity contribution in [1.29, 1.82) is 0 Å². The number of nitrogens with zero attached hydrogens (tertiary/aromatic N) is 1. The average molecular weight is 156 g/mol. The molecule has 2 rings (SSSR count). The van der Waals surface area contributed by atoms with E-state index in [-0.39, 0.29) is 0 Å². The first-order valence-corrected chi connectivity index (χ1v) is 4.11. The van der Waals surface area contributed by atoms with Gasteiger partial charge in [-0.25, -0.2) is 0 Å². The number of nitrogens with two attached hydrogens (primary N) is 1. The Bertz CT molecular complexity index is 322. The Balaban J connectivity index is 2.99. The van der Waals surface area contributed by atoms with Crippen molar-refractivity contribution in [3.63, 3.8) is 0 Å². The lowest BCUT2D eigenvalue weighted by molar-refractivity contribution is 1.60. The predicted molar refractivity (Wildman–Crippen MR) is 41.9 cm³/mol. The fraction of sp³-hybridized carbons (Fsp3) is 0. The van der Waals surface area contributed by atoms with Crippen molar-refractivity contribution in [2.45, 2.75) is 0 Å². The first-order chi connectivity index (χ1) is 4.38. The van der Waals surface area contributed by atoms with Crippen molar-refractivity contribution in [2.24, 2.45) is 0 Å². The summed E-state index contributed by atoms with van der Waals surface area (Å²) in [5.41, 5.74) is 5.53. The van der Waals surface area contributed by atoms with Gasteiger partial charge in [-0.15, -0.1) is 11.3 Å². The lowest BCUT2D eigenvalue weighted by Crippen LogP contribution is -1.80. The van der Waals surface area contributed by atoms with E-state index >= 15 is 0 Å². The molecule has 46 valence electrons. The van der Waals surface area contributed by atoms with E-state index in [2.05, 4.69) is 4.37 Å². The smallest absolute Gasteiger partial charge is 0.155 e. The average Bonchev–Trinajstić information content (AvgIpc) is 2.35. The van der Waals surface area contributed by atoms with Crippen LogP contribution in [0, 0.1) is 0 Å². The fourth-order valence-corrected chi connectivity index (χ4v) is 2.39. The SMILES string of the molecule is Nc1nsc2ccsc12. The molecule has 2 aromatic rings. The number of thiophene rings is 1. The van der Waals surface area contributed by atoms with Gasteiger partial charge in [0.15, 0.2) is 5.82 Å². The van der Waals surface area contributed by atoms with Gasteiger partial charge in [0.05, 0.1) is 9.40 Å². The van der Waals surface area contributed by atoms with E-state index in [4.69, 9.17) is 5.73 Å². The van der Waals surface area contributed by atoms with Crippen molar-refractivity contribution in [1.82, 2.24) is 4.37 Å². The quantitative estimate of drug-likeness (QED) is 0.633. The molecule has 0 saturated carbocycles. The van der Waals surface area contributed by atoms with Gasteiger partial charge in [0.2, 0.25) is 0 Å².